The topological polar surface area (TPSA) is 75.3 Å². The van der Waals surface area contributed by atoms with Crippen LogP contribution in [0, 0.1) is 19.8 Å². The van der Waals surface area contributed by atoms with Crippen molar-refractivity contribution < 1.29 is 13.2 Å². The summed E-state index contributed by atoms with van der Waals surface area (Å²) in [6, 6.07) is 13.5. The number of hydrogen-bond acceptors (Lipinski definition) is 3. The van der Waals surface area contributed by atoms with Gasteiger partial charge in [0.25, 0.3) is 0 Å². The van der Waals surface area contributed by atoms with E-state index in [0.29, 0.717) is 6.54 Å². The molecule has 1 atom stereocenters. The first-order valence-electron chi connectivity index (χ1n) is 8.61. The highest BCUT2D eigenvalue weighted by Crippen LogP contribution is 2.13. The van der Waals surface area contributed by atoms with Crippen LogP contribution in [0.1, 0.15) is 30.5 Å². The lowest BCUT2D eigenvalue weighted by atomic mass is 10.0. The van der Waals surface area contributed by atoms with Crippen LogP contribution >= 0.6 is 0 Å². The van der Waals surface area contributed by atoms with Crippen LogP contribution in [0.25, 0.3) is 0 Å². The van der Waals surface area contributed by atoms with Crippen LogP contribution in [0.4, 0.5) is 0 Å². The molecule has 0 radical (unpaired) electrons. The van der Waals surface area contributed by atoms with Gasteiger partial charge in [-0.3, -0.25) is 4.79 Å². The van der Waals surface area contributed by atoms with Crippen molar-refractivity contribution in [2.24, 2.45) is 5.92 Å². The zero-order valence-corrected chi connectivity index (χ0v) is 16.4. The summed E-state index contributed by atoms with van der Waals surface area (Å²) in [6.07, 6.45) is 0. The summed E-state index contributed by atoms with van der Waals surface area (Å²) in [5.74, 6) is -0.524. The van der Waals surface area contributed by atoms with Gasteiger partial charge in [-0.25, -0.2) is 8.42 Å². The highest BCUT2D eigenvalue weighted by atomic mass is 32.2. The van der Waals surface area contributed by atoms with Crippen molar-refractivity contribution in [3.05, 3.63) is 65.2 Å². The Morgan fingerprint density at radius 1 is 0.923 bits per heavy atom. The van der Waals surface area contributed by atoms with Gasteiger partial charge in [0.15, 0.2) is 0 Å². The molecule has 26 heavy (non-hydrogen) atoms. The molecule has 0 spiro atoms. The summed E-state index contributed by atoms with van der Waals surface area (Å²) in [5.41, 5.74) is 3.08. The van der Waals surface area contributed by atoms with Crippen molar-refractivity contribution in [3.8, 4) is 0 Å². The van der Waals surface area contributed by atoms with E-state index in [9.17, 15) is 13.2 Å². The van der Waals surface area contributed by atoms with Crippen molar-refractivity contribution in [2.75, 3.05) is 0 Å². The summed E-state index contributed by atoms with van der Waals surface area (Å²) in [5, 5.41) is 2.82. The maximum atomic E-state index is 12.6. The summed E-state index contributed by atoms with van der Waals surface area (Å²) in [7, 11) is -3.77. The summed E-state index contributed by atoms with van der Waals surface area (Å²) in [6.45, 7) is 7.87. The monoisotopic (exact) mass is 374 g/mol. The third-order valence-corrected chi connectivity index (χ3v) is 5.61. The van der Waals surface area contributed by atoms with Gasteiger partial charge in [-0.05, 0) is 37.5 Å². The van der Waals surface area contributed by atoms with Crippen molar-refractivity contribution in [2.45, 2.75) is 45.2 Å². The fourth-order valence-electron chi connectivity index (χ4n) is 2.45. The van der Waals surface area contributed by atoms with E-state index in [1.165, 1.54) is 0 Å². The van der Waals surface area contributed by atoms with Crippen molar-refractivity contribution in [3.63, 3.8) is 0 Å². The Bertz CT molecular complexity index is 842. The van der Waals surface area contributed by atoms with Gasteiger partial charge in [0.1, 0.15) is 6.04 Å². The zero-order chi connectivity index (χ0) is 19.3. The van der Waals surface area contributed by atoms with E-state index in [-0.39, 0.29) is 16.7 Å². The normalized spacial score (nSPS) is 12.8. The molecule has 2 rings (SSSR count). The third kappa shape index (κ3) is 5.41. The molecule has 0 fully saturated rings. The van der Waals surface area contributed by atoms with E-state index >= 15 is 0 Å². The molecule has 0 heterocycles. The van der Waals surface area contributed by atoms with Crippen LogP contribution < -0.4 is 10.0 Å². The number of nitrogens with one attached hydrogen (secondary N) is 2. The molecule has 1 amide bonds. The predicted molar refractivity (Wildman–Crippen MR) is 103 cm³/mol. The number of aryl methyl sites for hydroxylation is 2. The first-order chi connectivity index (χ1) is 12.2. The summed E-state index contributed by atoms with van der Waals surface area (Å²) in [4.78, 5) is 12.7. The Kier molecular flexibility index (Phi) is 6.56. The van der Waals surface area contributed by atoms with Gasteiger partial charge in [-0.15, -0.1) is 0 Å². The molecular formula is C20H26N2O3S. The largest absolute Gasteiger partial charge is 0.351 e. The van der Waals surface area contributed by atoms with Crippen molar-refractivity contribution in [1.82, 2.24) is 10.0 Å². The number of sulfonamides is 1. The molecule has 0 aliphatic heterocycles. The zero-order valence-electron chi connectivity index (χ0n) is 15.6. The lowest BCUT2D eigenvalue weighted by molar-refractivity contribution is -0.123. The van der Waals surface area contributed by atoms with Crippen LogP contribution in [0.15, 0.2) is 53.4 Å². The Morgan fingerprint density at radius 2 is 1.42 bits per heavy atom. The molecule has 0 aliphatic carbocycles. The molecule has 5 nitrogen and oxygen atoms in total. The first-order valence-corrected chi connectivity index (χ1v) is 10.1. The predicted octanol–water partition coefficient (Wildman–Crippen LogP) is 2.92. The Hall–Kier alpha value is -2.18. The van der Waals surface area contributed by atoms with Gasteiger partial charge in [0, 0.05) is 6.54 Å². The van der Waals surface area contributed by atoms with Crippen LogP contribution in [0.3, 0.4) is 0 Å². The molecule has 0 unspecified atom stereocenters. The van der Waals surface area contributed by atoms with E-state index in [2.05, 4.69) is 10.0 Å². The SMILES string of the molecule is Cc1ccc(CNC(=O)[C@@H](NS(=O)(=O)c2ccc(C)cc2)C(C)C)cc1. The number of amides is 1. The van der Waals surface area contributed by atoms with Crippen molar-refractivity contribution in [1.29, 1.82) is 0 Å². The van der Waals surface area contributed by atoms with Crippen LogP contribution in [-0.4, -0.2) is 20.4 Å². The molecule has 2 N–H and O–H groups in total. The lowest BCUT2D eigenvalue weighted by Crippen LogP contribution is -2.49. The quantitative estimate of drug-likeness (QED) is 0.782. The number of hydrogen-bond donors (Lipinski definition) is 2. The minimum absolute atomic E-state index is 0.153. The molecule has 0 aliphatic rings. The van der Waals surface area contributed by atoms with E-state index in [1.807, 2.05) is 52.0 Å². The van der Waals surface area contributed by atoms with E-state index < -0.39 is 16.1 Å². The molecule has 0 aromatic heterocycles. The molecular weight excluding hydrogens is 348 g/mol. The van der Waals surface area contributed by atoms with Crippen molar-refractivity contribution >= 4 is 15.9 Å². The maximum absolute atomic E-state index is 12.6. The van der Waals surface area contributed by atoms with Crippen LogP contribution in [0.5, 0.6) is 0 Å². The number of benzene rings is 2. The standard InChI is InChI=1S/C20H26N2O3S/c1-14(2)19(20(23)21-13-17-9-5-15(3)6-10-17)22-26(24,25)18-11-7-16(4)8-12-18/h5-12,14,19,22H,13H2,1-4H3,(H,21,23)/t19-/m0/s1. The molecule has 2 aromatic carbocycles. The second-order valence-corrected chi connectivity index (χ2v) is 8.57. The third-order valence-electron chi connectivity index (χ3n) is 4.15. The maximum Gasteiger partial charge on any atom is 0.241 e. The molecule has 0 saturated heterocycles. The smallest absolute Gasteiger partial charge is 0.241 e. The van der Waals surface area contributed by atoms with E-state index in [0.717, 1.165) is 16.7 Å². The van der Waals surface area contributed by atoms with Gasteiger partial charge in [0.2, 0.25) is 15.9 Å². The number of carbonyl (C=O) groups is 1. The summed E-state index contributed by atoms with van der Waals surface area (Å²) < 4.78 is 27.7. The Labute approximate surface area is 155 Å². The summed E-state index contributed by atoms with van der Waals surface area (Å²) >= 11 is 0. The first kappa shape index (κ1) is 20.1. The number of rotatable bonds is 7. The lowest BCUT2D eigenvalue weighted by Gasteiger charge is -2.21. The Balaban J connectivity index is 2.08. The fourth-order valence-corrected chi connectivity index (χ4v) is 3.79. The highest BCUT2D eigenvalue weighted by Gasteiger charge is 2.28. The van der Waals surface area contributed by atoms with Gasteiger partial charge in [-0.1, -0.05) is 61.4 Å². The Morgan fingerprint density at radius 3 is 1.92 bits per heavy atom. The molecule has 2 aromatic rings. The second-order valence-electron chi connectivity index (χ2n) is 6.86. The highest BCUT2D eigenvalue weighted by molar-refractivity contribution is 7.89. The average Bonchev–Trinajstić information content (AvgIpc) is 2.59. The van der Waals surface area contributed by atoms with Crippen LogP contribution in [0.2, 0.25) is 0 Å². The molecule has 0 bridgehead atoms. The number of carbonyl (C=O) groups excluding carboxylic acids is 1. The average molecular weight is 375 g/mol. The molecule has 6 heteroatoms. The van der Waals surface area contributed by atoms with Gasteiger partial charge in [-0.2, -0.15) is 4.72 Å². The van der Waals surface area contributed by atoms with Gasteiger partial charge < -0.3 is 5.32 Å². The van der Waals surface area contributed by atoms with Gasteiger partial charge in [0.05, 0.1) is 4.90 Å². The van der Waals surface area contributed by atoms with Crippen LogP contribution in [-0.2, 0) is 21.4 Å². The van der Waals surface area contributed by atoms with E-state index in [1.54, 1.807) is 24.3 Å². The second kappa shape index (κ2) is 8.47. The van der Waals surface area contributed by atoms with Gasteiger partial charge >= 0.3 is 0 Å². The minimum atomic E-state index is -3.77. The fraction of sp³-hybridized carbons (Fsp3) is 0.350. The van der Waals surface area contributed by atoms with E-state index in [4.69, 9.17) is 0 Å². The molecule has 0 saturated carbocycles. The minimum Gasteiger partial charge on any atom is -0.351 e. The molecule has 140 valence electrons.